The third-order valence-corrected chi connectivity index (χ3v) is 7.24. The molecule has 5 rings (SSSR count). The number of pyridine rings is 1. The molecule has 1 fully saturated rings. The van der Waals surface area contributed by atoms with Crippen LogP contribution in [0.15, 0.2) is 57.8 Å². The van der Waals surface area contributed by atoms with Crippen molar-refractivity contribution in [3.05, 3.63) is 63.4 Å². The van der Waals surface area contributed by atoms with E-state index >= 15 is 0 Å². The standard InChI is InChI=1S/C22H25Cl2N5/c1-14-18-9-6-16(23)11-20(18)26-12-21-28(14)13-27-29(21)17-7-4-15(5-8-17)19-3-2-10-25-22(19)24/h2-3,10-15,17,26H,4-9H2,1H3/t14?,15-,17-. The van der Waals surface area contributed by atoms with Crippen molar-refractivity contribution in [2.45, 2.75) is 63.5 Å². The summed E-state index contributed by atoms with van der Waals surface area (Å²) in [5.41, 5.74) is 3.71. The van der Waals surface area contributed by atoms with Gasteiger partial charge in [0.1, 0.15) is 17.3 Å². The molecule has 1 aromatic rings. The van der Waals surface area contributed by atoms with Crippen LogP contribution in [-0.4, -0.2) is 33.3 Å². The number of rotatable bonds is 2. The van der Waals surface area contributed by atoms with Gasteiger partial charge in [0.2, 0.25) is 0 Å². The zero-order valence-corrected chi connectivity index (χ0v) is 18.0. The number of aromatic nitrogens is 1. The molecule has 1 atom stereocenters. The highest BCUT2D eigenvalue weighted by Crippen LogP contribution is 2.40. The zero-order valence-electron chi connectivity index (χ0n) is 16.5. The maximum absolute atomic E-state index is 6.33. The third kappa shape index (κ3) is 3.44. The topological polar surface area (TPSA) is 43.8 Å². The third-order valence-electron chi connectivity index (χ3n) is 6.63. The lowest BCUT2D eigenvalue weighted by Crippen LogP contribution is -2.38. The van der Waals surface area contributed by atoms with E-state index in [1.165, 1.54) is 11.1 Å². The molecule has 0 radical (unpaired) electrons. The fraction of sp³-hybridized carbons (Fsp3) is 0.455. The van der Waals surface area contributed by atoms with Crippen LogP contribution in [-0.2, 0) is 0 Å². The number of hydrazone groups is 1. The number of hydrogen-bond donors (Lipinski definition) is 1. The Morgan fingerprint density at radius 2 is 1.97 bits per heavy atom. The van der Waals surface area contributed by atoms with E-state index in [-0.39, 0.29) is 6.04 Å². The first kappa shape index (κ1) is 19.0. The van der Waals surface area contributed by atoms with E-state index in [0.29, 0.717) is 17.1 Å². The molecule has 4 aliphatic rings. The minimum atomic E-state index is 0.270. The van der Waals surface area contributed by atoms with E-state index < -0.39 is 0 Å². The highest BCUT2D eigenvalue weighted by atomic mass is 35.5. The zero-order chi connectivity index (χ0) is 20.0. The molecule has 0 spiro atoms. The van der Waals surface area contributed by atoms with Crippen molar-refractivity contribution in [2.75, 3.05) is 0 Å². The first-order valence-electron chi connectivity index (χ1n) is 10.4. The normalized spacial score (nSPS) is 29.0. The largest absolute Gasteiger partial charge is 0.358 e. The summed E-state index contributed by atoms with van der Waals surface area (Å²) in [5, 5.41) is 12.1. The summed E-state index contributed by atoms with van der Waals surface area (Å²) in [7, 11) is 0. The summed E-state index contributed by atoms with van der Waals surface area (Å²) in [4.78, 5) is 6.54. The fourth-order valence-corrected chi connectivity index (χ4v) is 5.47. The fourth-order valence-electron chi connectivity index (χ4n) is 4.99. The Balaban J connectivity index is 1.31. The minimum Gasteiger partial charge on any atom is -0.358 e. The van der Waals surface area contributed by atoms with Crippen LogP contribution < -0.4 is 5.32 Å². The number of nitrogens with one attached hydrogen (secondary N) is 1. The van der Waals surface area contributed by atoms with Crippen molar-refractivity contribution >= 4 is 29.5 Å². The van der Waals surface area contributed by atoms with Crippen LogP contribution in [0.3, 0.4) is 0 Å². The predicted octanol–water partition coefficient (Wildman–Crippen LogP) is 5.28. The lowest BCUT2D eigenvalue weighted by atomic mass is 9.82. The maximum atomic E-state index is 6.33. The average Bonchev–Trinajstić information content (AvgIpc) is 3.11. The van der Waals surface area contributed by atoms with Crippen LogP contribution >= 0.6 is 23.2 Å². The molecule has 29 heavy (non-hydrogen) atoms. The van der Waals surface area contributed by atoms with Crippen molar-refractivity contribution in [3.63, 3.8) is 0 Å². The Morgan fingerprint density at radius 3 is 2.76 bits per heavy atom. The van der Waals surface area contributed by atoms with Gasteiger partial charge in [0.25, 0.3) is 0 Å². The predicted molar refractivity (Wildman–Crippen MR) is 117 cm³/mol. The van der Waals surface area contributed by atoms with Crippen molar-refractivity contribution in [2.24, 2.45) is 5.10 Å². The molecular weight excluding hydrogens is 405 g/mol. The lowest BCUT2D eigenvalue weighted by Gasteiger charge is -2.36. The van der Waals surface area contributed by atoms with E-state index in [9.17, 15) is 0 Å². The average molecular weight is 430 g/mol. The second-order valence-electron chi connectivity index (χ2n) is 8.22. The maximum Gasteiger partial charge on any atom is 0.147 e. The Kier molecular flexibility index (Phi) is 5.04. The number of halogens is 2. The Morgan fingerprint density at radius 1 is 1.14 bits per heavy atom. The Labute approximate surface area is 181 Å². The number of hydrogen-bond acceptors (Lipinski definition) is 5. The lowest BCUT2D eigenvalue weighted by molar-refractivity contribution is 0.177. The van der Waals surface area contributed by atoms with Gasteiger partial charge in [-0.25, -0.2) is 9.99 Å². The van der Waals surface area contributed by atoms with Gasteiger partial charge < -0.3 is 10.2 Å². The summed E-state index contributed by atoms with van der Waals surface area (Å²) in [6.07, 6.45) is 14.2. The van der Waals surface area contributed by atoms with E-state index in [0.717, 1.165) is 55.1 Å². The van der Waals surface area contributed by atoms with Gasteiger partial charge >= 0.3 is 0 Å². The molecule has 1 aromatic heterocycles. The Bertz CT molecular complexity index is 927. The first-order valence-corrected chi connectivity index (χ1v) is 11.2. The highest BCUT2D eigenvalue weighted by Gasteiger charge is 2.36. The van der Waals surface area contributed by atoms with Crippen molar-refractivity contribution in [1.82, 2.24) is 20.2 Å². The van der Waals surface area contributed by atoms with E-state index in [4.69, 9.17) is 28.3 Å². The number of allylic oxidation sites excluding steroid dienone is 2. The second kappa shape index (κ2) is 7.69. The van der Waals surface area contributed by atoms with Crippen molar-refractivity contribution < 1.29 is 0 Å². The highest BCUT2D eigenvalue weighted by molar-refractivity contribution is 6.30. The van der Waals surface area contributed by atoms with Gasteiger partial charge in [-0.1, -0.05) is 29.3 Å². The number of nitrogens with zero attached hydrogens (tertiary/aromatic N) is 4. The SMILES string of the molecule is CC1C2=C(C=C(Cl)CC2)NC=C2N1C=NN2[C@H]1CC[C@H](c2cccnc2Cl)CC1. The quantitative estimate of drug-likeness (QED) is 0.649. The second-order valence-corrected chi connectivity index (χ2v) is 9.07. The van der Waals surface area contributed by atoms with Crippen LogP contribution in [0.5, 0.6) is 0 Å². The molecule has 2 aliphatic carbocycles. The molecule has 2 aliphatic heterocycles. The van der Waals surface area contributed by atoms with Crippen LogP contribution in [0.1, 0.15) is 56.9 Å². The van der Waals surface area contributed by atoms with Crippen molar-refractivity contribution in [1.29, 1.82) is 0 Å². The van der Waals surface area contributed by atoms with Gasteiger partial charge in [-0.05, 0) is 74.6 Å². The van der Waals surface area contributed by atoms with Crippen LogP contribution in [0.4, 0.5) is 0 Å². The molecule has 0 bridgehead atoms. The van der Waals surface area contributed by atoms with Gasteiger partial charge in [-0.2, -0.15) is 5.10 Å². The summed E-state index contributed by atoms with van der Waals surface area (Å²) in [6, 6.07) is 4.77. The summed E-state index contributed by atoms with van der Waals surface area (Å²) < 4.78 is 0. The van der Waals surface area contributed by atoms with Gasteiger partial charge in [-0.15, -0.1) is 0 Å². The Hall–Kier alpha value is -1.98. The molecular formula is C22H25Cl2N5. The monoisotopic (exact) mass is 429 g/mol. The molecule has 1 saturated carbocycles. The smallest absolute Gasteiger partial charge is 0.147 e. The van der Waals surface area contributed by atoms with Crippen LogP contribution in [0, 0.1) is 0 Å². The van der Waals surface area contributed by atoms with Crippen LogP contribution in [0.25, 0.3) is 0 Å². The van der Waals surface area contributed by atoms with Gasteiger partial charge in [0.15, 0.2) is 0 Å². The molecule has 0 aromatic carbocycles. The van der Waals surface area contributed by atoms with E-state index in [1.807, 2.05) is 12.4 Å². The minimum absolute atomic E-state index is 0.270. The van der Waals surface area contributed by atoms with E-state index in [1.54, 1.807) is 6.20 Å². The van der Waals surface area contributed by atoms with E-state index in [2.05, 4.69) is 45.5 Å². The van der Waals surface area contributed by atoms with Gasteiger partial charge in [0, 0.05) is 23.1 Å². The molecule has 3 heterocycles. The molecule has 152 valence electrons. The summed E-state index contributed by atoms with van der Waals surface area (Å²) >= 11 is 12.6. The number of fused-ring (bicyclic) bond motifs is 1. The molecule has 1 unspecified atom stereocenters. The molecule has 0 saturated heterocycles. The molecule has 0 amide bonds. The molecule has 7 heteroatoms. The first-order chi connectivity index (χ1) is 14.1. The molecule has 5 nitrogen and oxygen atoms in total. The molecule has 1 N–H and O–H groups in total. The van der Waals surface area contributed by atoms with Crippen LogP contribution in [0.2, 0.25) is 5.15 Å². The van der Waals surface area contributed by atoms with Gasteiger partial charge in [0.05, 0.1) is 12.1 Å². The summed E-state index contributed by atoms with van der Waals surface area (Å²) in [5.74, 6) is 1.61. The van der Waals surface area contributed by atoms with Crippen molar-refractivity contribution in [3.8, 4) is 0 Å². The summed E-state index contributed by atoms with van der Waals surface area (Å²) in [6.45, 7) is 2.25. The van der Waals surface area contributed by atoms with Gasteiger partial charge in [-0.3, -0.25) is 0 Å².